The molecule has 1 aromatic carbocycles. The van der Waals surface area contributed by atoms with Crippen LogP contribution in [0.15, 0.2) is 29.2 Å². The van der Waals surface area contributed by atoms with Crippen molar-refractivity contribution in [3.05, 3.63) is 24.3 Å². The third kappa shape index (κ3) is 4.77. The van der Waals surface area contributed by atoms with Crippen LogP contribution in [-0.4, -0.2) is 34.1 Å². The van der Waals surface area contributed by atoms with Crippen molar-refractivity contribution >= 4 is 15.7 Å². The minimum atomic E-state index is -3.33. The summed E-state index contributed by atoms with van der Waals surface area (Å²) in [7, 11) is -3.33. The van der Waals surface area contributed by atoms with E-state index in [-0.39, 0.29) is 6.04 Å². The van der Waals surface area contributed by atoms with E-state index in [2.05, 4.69) is 22.3 Å². The van der Waals surface area contributed by atoms with E-state index >= 15 is 0 Å². The predicted molar refractivity (Wildman–Crippen MR) is 81.4 cm³/mol. The van der Waals surface area contributed by atoms with E-state index in [9.17, 15) is 8.42 Å². The minimum Gasteiger partial charge on any atom is -0.385 e. The van der Waals surface area contributed by atoms with Gasteiger partial charge in [0.1, 0.15) is 0 Å². The first-order chi connectivity index (χ1) is 9.62. The average Bonchev–Trinajstić information content (AvgIpc) is 3.22. The van der Waals surface area contributed by atoms with Crippen LogP contribution < -0.4 is 15.4 Å². The van der Waals surface area contributed by atoms with E-state index in [1.54, 1.807) is 12.1 Å². The summed E-state index contributed by atoms with van der Waals surface area (Å²) < 4.78 is 26.6. The number of hydrogen-bond donors (Lipinski definition) is 3. The number of anilines is 1. The molecule has 1 aliphatic rings. The normalized spacial score (nSPS) is 15.2. The van der Waals surface area contributed by atoms with Crippen LogP contribution >= 0.6 is 0 Å². The highest BCUT2D eigenvalue weighted by Gasteiger charge is 2.27. The molecule has 0 heterocycles. The maximum Gasteiger partial charge on any atom is 0.240 e. The second-order valence-electron chi connectivity index (χ2n) is 5.05. The molecule has 3 N–H and O–H groups in total. The van der Waals surface area contributed by atoms with E-state index in [1.807, 2.05) is 12.1 Å². The lowest BCUT2D eigenvalue weighted by Gasteiger charge is -2.09. The summed E-state index contributed by atoms with van der Waals surface area (Å²) in [6, 6.07) is 7.07. The first-order valence-electron chi connectivity index (χ1n) is 7.19. The Hall–Kier alpha value is -1.11. The van der Waals surface area contributed by atoms with Gasteiger partial charge in [-0.1, -0.05) is 6.92 Å². The smallest absolute Gasteiger partial charge is 0.240 e. The quantitative estimate of drug-likeness (QED) is 0.605. The molecule has 1 aliphatic carbocycles. The van der Waals surface area contributed by atoms with Gasteiger partial charge in [0.15, 0.2) is 0 Å². The molecule has 0 spiro atoms. The molecule has 0 amide bonds. The summed E-state index contributed by atoms with van der Waals surface area (Å²) in [5, 5.41) is 6.54. The van der Waals surface area contributed by atoms with Crippen molar-refractivity contribution in [3.63, 3.8) is 0 Å². The Morgan fingerprint density at radius 3 is 2.45 bits per heavy atom. The molecule has 112 valence electrons. The lowest BCUT2D eigenvalue weighted by molar-refractivity contribution is 0.581. The summed E-state index contributed by atoms with van der Waals surface area (Å²) in [6.45, 7) is 4.93. The Bertz CT molecular complexity index is 510. The first-order valence-corrected chi connectivity index (χ1v) is 8.67. The van der Waals surface area contributed by atoms with Crippen molar-refractivity contribution in [2.75, 3.05) is 25.0 Å². The second-order valence-corrected chi connectivity index (χ2v) is 6.77. The van der Waals surface area contributed by atoms with E-state index in [0.29, 0.717) is 4.90 Å². The van der Waals surface area contributed by atoms with Crippen molar-refractivity contribution in [1.29, 1.82) is 0 Å². The Morgan fingerprint density at radius 1 is 1.15 bits per heavy atom. The SMILES string of the molecule is CCNCCCNc1ccc(S(=O)(=O)NC2CC2)cc1. The van der Waals surface area contributed by atoms with Gasteiger partial charge in [-0.25, -0.2) is 13.1 Å². The van der Waals surface area contributed by atoms with Crippen LogP contribution in [0.2, 0.25) is 0 Å². The fourth-order valence-electron chi connectivity index (χ4n) is 1.86. The van der Waals surface area contributed by atoms with Crippen LogP contribution in [0.25, 0.3) is 0 Å². The van der Waals surface area contributed by atoms with Gasteiger partial charge in [0.2, 0.25) is 10.0 Å². The minimum absolute atomic E-state index is 0.142. The number of hydrogen-bond acceptors (Lipinski definition) is 4. The molecule has 0 bridgehead atoms. The highest BCUT2D eigenvalue weighted by molar-refractivity contribution is 7.89. The molecule has 0 aliphatic heterocycles. The van der Waals surface area contributed by atoms with Gasteiger partial charge in [-0.05, 0) is 56.6 Å². The van der Waals surface area contributed by atoms with E-state index in [1.165, 1.54) is 0 Å². The average molecular weight is 297 g/mol. The van der Waals surface area contributed by atoms with Crippen LogP contribution in [0.4, 0.5) is 5.69 Å². The van der Waals surface area contributed by atoms with Crippen LogP contribution in [-0.2, 0) is 10.0 Å². The molecule has 1 saturated carbocycles. The van der Waals surface area contributed by atoms with Crippen LogP contribution in [0.5, 0.6) is 0 Å². The molecule has 1 fully saturated rings. The van der Waals surface area contributed by atoms with Gasteiger partial charge in [-0.2, -0.15) is 0 Å². The number of rotatable bonds is 9. The zero-order valence-corrected chi connectivity index (χ0v) is 12.7. The molecule has 1 aromatic rings. The first kappa shape index (κ1) is 15.3. The Morgan fingerprint density at radius 2 is 1.85 bits per heavy atom. The largest absolute Gasteiger partial charge is 0.385 e. The van der Waals surface area contributed by atoms with Crippen LogP contribution in [0.1, 0.15) is 26.2 Å². The van der Waals surface area contributed by atoms with Gasteiger partial charge in [-0.15, -0.1) is 0 Å². The molecule has 0 radical (unpaired) electrons. The van der Waals surface area contributed by atoms with Gasteiger partial charge in [0.05, 0.1) is 4.90 Å². The van der Waals surface area contributed by atoms with Gasteiger partial charge < -0.3 is 10.6 Å². The molecule has 0 atom stereocenters. The standard InChI is InChI=1S/C14H23N3O2S/c1-2-15-10-3-11-16-12-6-8-14(9-7-12)20(18,19)17-13-4-5-13/h6-9,13,15-17H,2-5,10-11H2,1H3. The van der Waals surface area contributed by atoms with Crippen molar-refractivity contribution in [1.82, 2.24) is 10.0 Å². The lowest BCUT2D eigenvalue weighted by Crippen LogP contribution is -2.25. The van der Waals surface area contributed by atoms with E-state index in [0.717, 1.165) is 44.6 Å². The van der Waals surface area contributed by atoms with Crippen molar-refractivity contribution in [2.24, 2.45) is 0 Å². The molecule has 0 unspecified atom stereocenters. The highest BCUT2D eigenvalue weighted by Crippen LogP contribution is 2.22. The summed E-state index contributed by atoms with van der Waals surface area (Å²) >= 11 is 0. The van der Waals surface area contributed by atoms with Gasteiger partial charge in [-0.3, -0.25) is 0 Å². The maximum absolute atomic E-state index is 12.0. The Labute approximate surface area is 121 Å². The number of benzene rings is 1. The van der Waals surface area contributed by atoms with Crippen molar-refractivity contribution in [2.45, 2.75) is 37.1 Å². The topological polar surface area (TPSA) is 70.2 Å². The fraction of sp³-hybridized carbons (Fsp3) is 0.571. The molecule has 6 heteroatoms. The van der Waals surface area contributed by atoms with Crippen LogP contribution in [0.3, 0.4) is 0 Å². The Balaban J connectivity index is 1.82. The van der Waals surface area contributed by atoms with Crippen LogP contribution in [0, 0.1) is 0 Å². The molecule has 2 rings (SSSR count). The van der Waals surface area contributed by atoms with Crippen molar-refractivity contribution in [3.8, 4) is 0 Å². The maximum atomic E-state index is 12.0. The summed E-state index contributed by atoms with van der Waals surface area (Å²) in [6.07, 6.45) is 2.94. The molecule has 0 aromatic heterocycles. The molecule has 5 nitrogen and oxygen atoms in total. The lowest BCUT2D eigenvalue weighted by atomic mass is 10.3. The highest BCUT2D eigenvalue weighted by atomic mass is 32.2. The third-order valence-corrected chi connectivity index (χ3v) is 4.71. The zero-order valence-electron chi connectivity index (χ0n) is 11.9. The van der Waals surface area contributed by atoms with Gasteiger partial charge in [0, 0.05) is 18.3 Å². The second kappa shape index (κ2) is 7.06. The molecular weight excluding hydrogens is 274 g/mol. The van der Waals surface area contributed by atoms with E-state index < -0.39 is 10.0 Å². The Kier molecular flexibility index (Phi) is 5.39. The summed E-state index contributed by atoms with van der Waals surface area (Å²) in [4.78, 5) is 0.336. The monoisotopic (exact) mass is 297 g/mol. The number of nitrogens with one attached hydrogen (secondary N) is 3. The summed E-state index contributed by atoms with van der Waals surface area (Å²) in [5.41, 5.74) is 0.951. The van der Waals surface area contributed by atoms with Gasteiger partial charge >= 0.3 is 0 Å². The van der Waals surface area contributed by atoms with Crippen molar-refractivity contribution < 1.29 is 8.42 Å². The summed E-state index contributed by atoms with van der Waals surface area (Å²) in [5.74, 6) is 0. The third-order valence-electron chi connectivity index (χ3n) is 3.17. The fourth-order valence-corrected chi connectivity index (χ4v) is 3.17. The predicted octanol–water partition coefficient (Wildman–Crippen LogP) is 1.54. The molecule has 0 saturated heterocycles. The number of sulfonamides is 1. The molecule has 20 heavy (non-hydrogen) atoms. The zero-order chi connectivity index (χ0) is 14.4. The molecular formula is C14H23N3O2S. The van der Waals surface area contributed by atoms with Gasteiger partial charge in [0.25, 0.3) is 0 Å². The van der Waals surface area contributed by atoms with E-state index in [4.69, 9.17) is 0 Å².